The van der Waals surface area contributed by atoms with Gasteiger partial charge in [-0.25, -0.2) is 0 Å². The Hall–Kier alpha value is -1.92. The molecule has 2 N–H and O–H groups in total. The summed E-state index contributed by atoms with van der Waals surface area (Å²) in [5, 5.41) is 15.3. The molecule has 1 saturated heterocycles. The summed E-state index contributed by atoms with van der Waals surface area (Å²) in [6.45, 7) is 0. The Bertz CT molecular complexity index is 573. The summed E-state index contributed by atoms with van der Waals surface area (Å²) in [5.74, 6) is -2.94. The normalized spacial score (nSPS) is 28.2. The molecule has 2 saturated carbocycles. The zero-order chi connectivity index (χ0) is 18.5. The third kappa shape index (κ3) is 3.91. The molecule has 3 amide bonds. The molecule has 1 atom stereocenters. The fourth-order valence-electron chi connectivity index (χ4n) is 4.51. The van der Waals surface area contributed by atoms with Crippen molar-refractivity contribution in [2.45, 2.75) is 89.1 Å². The number of hydrogen-bond donors (Lipinski definition) is 2. The molecule has 2 aliphatic carbocycles. The van der Waals surface area contributed by atoms with E-state index < -0.39 is 23.6 Å². The molecule has 3 rings (SSSR count). The van der Waals surface area contributed by atoms with Gasteiger partial charge in [0.25, 0.3) is 5.91 Å². The first-order valence-corrected chi connectivity index (χ1v) is 10.0. The van der Waals surface area contributed by atoms with Gasteiger partial charge < -0.3 is 10.5 Å². The van der Waals surface area contributed by atoms with Gasteiger partial charge >= 0.3 is 0 Å². The smallest absolute Gasteiger partial charge is 0.279 e. The van der Waals surface area contributed by atoms with Crippen molar-refractivity contribution in [2.24, 2.45) is 11.1 Å². The van der Waals surface area contributed by atoms with E-state index >= 15 is 0 Å². The van der Waals surface area contributed by atoms with E-state index in [0.29, 0.717) is 0 Å². The van der Waals surface area contributed by atoms with E-state index in [1.807, 2.05) is 0 Å². The maximum Gasteiger partial charge on any atom is 0.279 e. The van der Waals surface area contributed by atoms with Crippen LogP contribution < -0.4 is 5.32 Å². The van der Waals surface area contributed by atoms with Crippen LogP contribution in [0.15, 0.2) is 5.16 Å². The van der Waals surface area contributed by atoms with Crippen LogP contribution in [0.2, 0.25) is 0 Å². The molecule has 3 fully saturated rings. The van der Waals surface area contributed by atoms with Gasteiger partial charge in [-0.15, -0.1) is 0 Å². The van der Waals surface area contributed by atoms with Gasteiger partial charge in [0, 0.05) is 12.1 Å². The van der Waals surface area contributed by atoms with Crippen LogP contribution in [-0.4, -0.2) is 45.6 Å². The number of nitrogens with zero attached hydrogens (tertiary/aromatic N) is 2. The molecule has 1 heterocycles. The van der Waals surface area contributed by atoms with Crippen LogP contribution in [0, 0.1) is 5.92 Å². The predicted octanol–water partition coefficient (Wildman–Crippen LogP) is 2.36. The zero-order valence-electron chi connectivity index (χ0n) is 15.3. The molecular formula is C19H29N3O4. The van der Waals surface area contributed by atoms with E-state index in [-0.39, 0.29) is 17.8 Å². The number of rotatable bonds is 3. The molecule has 0 bridgehead atoms. The van der Waals surface area contributed by atoms with Crippen LogP contribution in [0.1, 0.15) is 77.0 Å². The van der Waals surface area contributed by atoms with Gasteiger partial charge in [0.05, 0.1) is 0 Å². The molecule has 0 radical (unpaired) electrons. The van der Waals surface area contributed by atoms with Crippen molar-refractivity contribution in [1.29, 1.82) is 0 Å². The number of hydrogen-bond acceptors (Lipinski definition) is 5. The molecule has 26 heavy (non-hydrogen) atoms. The molecule has 7 nitrogen and oxygen atoms in total. The van der Waals surface area contributed by atoms with E-state index in [1.54, 1.807) is 0 Å². The monoisotopic (exact) mass is 363 g/mol. The van der Waals surface area contributed by atoms with Gasteiger partial charge in [-0.1, -0.05) is 56.5 Å². The van der Waals surface area contributed by atoms with E-state index in [0.717, 1.165) is 77.0 Å². The van der Waals surface area contributed by atoms with E-state index in [1.165, 1.54) is 4.90 Å². The molecule has 0 aromatic carbocycles. The number of nitrogens with one attached hydrogen (secondary N) is 1. The van der Waals surface area contributed by atoms with Gasteiger partial charge in [-0.2, -0.15) is 0 Å². The number of likely N-dealkylation sites (tertiary alicyclic amines) is 1. The fraction of sp³-hybridized carbons (Fsp3) is 0.789. The number of carbonyl (C=O) groups is 3. The second kappa shape index (κ2) is 8.64. The first kappa shape index (κ1) is 18.9. The van der Waals surface area contributed by atoms with Crippen LogP contribution in [0.3, 0.4) is 0 Å². The molecule has 1 aliphatic heterocycles. The maximum absolute atomic E-state index is 12.9. The second-order valence-corrected chi connectivity index (χ2v) is 7.77. The lowest BCUT2D eigenvalue weighted by Gasteiger charge is -2.25. The SMILES string of the molecule is O=C(NC1CCCCCC1)C1C(=O)N(C2CCCCCC2)C(=O)/C1=N\O. The van der Waals surface area contributed by atoms with Crippen molar-refractivity contribution in [3.63, 3.8) is 0 Å². The third-order valence-corrected chi connectivity index (χ3v) is 5.96. The highest BCUT2D eigenvalue weighted by atomic mass is 16.4. The Morgan fingerprint density at radius 3 is 2.00 bits per heavy atom. The minimum atomic E-state index is -1.31. The van der Waals surface area contributed by atoms with Crippen LogP contribution in [0.4, 0.5) is 0 Å². The predicted molar refractivity (Wildman–Crippen MR) is 95.7 cm³/mol. The largest absolute Gasteiger partial charge is 0.410 e. The molecule has 7 heteroatoms. The van der Waals surface area contributed by atoms with Crippen LogP contribution in [0.5, 0.6) is 0 Å². The number of oxime groups is 1. The Morgan fingerprint density at radius 2 is 1.46 bits per heavy atom. The van der Waals surface area contributed by atoms with Crippen molar-refractivity contribution < 1.29 is 19.6 Å². The third-order valence-electron chi connectivity index (χ3n) is 5.96. The Balaban J connectivity index is 1.74. The highest BCUT2D eigenvalue weighted by Gasteiger charge is 2.51. The van der Waals surface area contributed by atoms with Crippen molar-refractivity contribution in [1.82, 2.24) is 10.2 Å². The number of carbonyl (C=O) groups excluding carboxylic acids is 3. The van der Waals surface area contributed by atoms with Crippen molar-refractivity contribution in [2.75, 3.05) is 0 Å². The fourth-order valence-corrected chi connectivity index (χ4v) is 4.51. The lowest BCUT2D eigenvalue weighted by Crippen LogP contribution is -2.44. The van der Waals surface area contributed by atoms with Gasteiger partial charge in [0.1, 0.15) is 0 Å². The summed E-state index contributed by atoms with van der Waals surface area (Å²) >= 11 is 0. The van der Waals surface area contributed by atoms with E-state index in [9.17, 15) is 19.6 Å². The average Bonchev–Trinajstić information content (AvgIpc) is 2.92. The molecular weight excluding hydrogens is 334 g/mol. The summed E-state index contributed by atoms with van der Waals surface area (Å²) in [6, 6.07) is -0.162. The quantitative estimate of drug-likeness (QED) is 0.264. The maximum atomic E-state index is 12.9. The molecule has 0 aromatic heterocycles. The van der Waals surface area contributed by atoms with Crippen LogP contribution in [0.25, 0.3) is 0 Å². The summed E-state index contributed by atoms with van der Waals surface area (Å²) in [4.78, 5) is 39.5. The summed E-state index contributed by atoms with van der Waals surface area (Å²) in [7, 11) is 0. The second-order valence-electron chi connectivity index (χ2n) is 7.77. The minimum absolute atomic E-state index is 0.0276. The lowest BCUT2D eigenvalue weighted by atomic mass is 10.0. The van der Waals surface area contributed by atoms with Crippen molar-refractivity contribution >= 4 is 23.4 Å². The topological polar surface area (TPSA) is 99.1 Å². The summed E-state index contributed by atoms with van der Waals surface area (Å²) < 4.78 is 0. The standard InChI is InChI=1S/C19H29N3O4/c23-17(20-13-9-5-1-2-6-10-13)15-16(21-26)19(25)22(18(15)24)14-11-7-3-4-8-12-14/h13-15,26H,1-12H2,(H,20,23)/b21-16-. The van der Waals surface area contributed by atoms with Crippen LogP contribution in [-0.2, 0) is 14.4 Å². The van der Waals surface area contributed by atoms with Gasteiger partial charge in [0.15, 0.2) is 11.6 Å². The van der Waals surface area contributed by atoms with Gasteiger partial charge in [0.2, 0.25) is 11.8 Å². The minimum Gasteiger partial charge on any atom is -0.410 e. The Kier molecular flexibility index (Phi) is 6.27. The molecule has 0 spiro atoms. The first-order chi connectivity index (χ1) is 12.6. The lowest BCUT2D eigenvalue weighted by molar-refractivity contribution is -0.143. The van der Waals surface area contributed by atoms with Crippen LogP contribution >= 0.6 is 0 Å². The number of imide groups is 1. The van der Waals surface area contributed by atoms with Gasteiger partial charge in [-0.05, 0) is 25.7 Å². The Morgan fingerprint density at radius 1 is 0.923 bits per heavy atom. The van der Waals surface area contributed by atoms with Crippen molar-refractivity contribution in [3.8, 4) is 0 Å². The molecule has 1 unspecified atom stereocenters. The summed E-state index contributed by atoms with van der Waals surface area (Å²) in [5.41, 5.74) is -0.328. The number of amides is 3. The average molecular weight is 363 g/mol. The zero-order valence-corrected chi connectivity index (χ0v) is 15.3. The van der Waals surface area contributed by atoms with E-state index in [2.05, 4.69) is 10.5 Å². The molecule has 144 valence electrons. The highest BCUT2D eigenvalue weighted by molar-refractivity contribution is 6.54. The molecule has 0 aromatic rings. The van der Waals surface area contributed by atoms with Gasteiger partial charge in [-0.3, -0.25) is 19.3 Å². The summed E-state index contributed by atoms with van der Waals surface area (Å²) in [6.07, 6.45) is 11.8. The molecule has 3 aliphatic rings. The Labute approximate surface area is 154 Å². The van der Waals surface area contributed by atoms with Crippen molar-refractivity contribution in [3.05, 3.63) is 0 Å². The highest BCUT2D eigenvalue weighted by Crippen LogP contribution is 2.28. The first-order valence-electron chi connectivity index (χ1n) is 10.0. The van der Waals surface area contributed by atoms with E-state index in [4.69, 9.17) is 0 Å².